The summed E-state index contributed by atoms with van der Waals surface area (Å²) in [5.74, 6) is 0.566. The van der Waals surface area contributed by atoms with E-state index < -0.39 is 6.09 Å². The van der Waals surface area contributed by atoms with Crippen molar-refractivity contribution in [1.29, 1.82) is 0 Å². The van der Waals surface area contributed by atoms with Crippen LogP contribution in [0.4, 0.5) is 4.79 Å². The number of nitrogens with one attached hydrogen (secondary N) is 2. The second-order valence-corrected chi connectivity index (χ2v) is 7.89. The van der Waals surface area contributed by atoms with Crippen LogP contribution in [0.15, 0.2) is 60.8 Å². The molecule has 0 aromatic rings. The quantitative estimate of drug-likeness (QED) is 0.107. The average Bonchev–Trinajstić information content (AvgIpc) is 2.82. The SMILES string of the molecule is CC/C=C\C/C=C\C/C=C\C/C=C\C/C=C\CCCCCC(=O)NCCOC(=O)NCCS. The third-order valence-electron chi connectivity index (χ3n) is 4.47. The number of unbranched alkanes of at least 4 members (excludes halogenated alkanes) is 3. The van der Waals surface area contributed by atoms with Gasteiger partial charge in [0.05, 0.1) is 6.54 Å². The van der Waals surface area contributed by atoms with Crippen molar-refractivity contribution in [2.24, 2.45) is 0 Å². The number of carbonyl (C=O) groups is 2. The van der Waals surface area contributed by atoms with Gasteiger partial charge in [0, 0.05) is 18.7 Å². The highest BCUT2D eigenvalue weighted by Crippen LogP contribution is 2.04. The van der Waals surface area contributed by atoms with E-state index in [-0.39, 0.29) is 12.5 Å². The van der Waals surface area contributed by atoms with Crippen LogP contribution in [0, 0.1) is 0 Å². The van der Waals surface area contributed by atoms with Crippen molar-refractivity contribution in [1.82, 2.24) is 10.6 Å². The molecule has 0 aromatic carbocycles. The number of ether oxygens (including phenoxy) is 1. The van der Waals surface area contributed by atoms with E-state index in [1.165, 1.54) is 0 Å². The standard InChI is InChI=1S/C27H44N2O3S/c1-2-3-4-5-6-7-8-9-10-11-12-13-14-15-16-17-18-19-20-21-26(30)28-22-24-32-27(31)29-23-25-33/h3-4,6-7,9-10,12-13,15-16,33H,2,5,8,11,14,17-25H2,1H3,(H,28,30)(H,29,31)/b4-3-,7-6-,10-9-,13-12-,16-15-. The van der Waals surface area contributed by atoms with Gasteiger partial charge in [0.1, 0.15) is 6.61 Å². The Morgan fingerprint density at radius 1 is 0.727 bits per heavy atom. The Morgan fingerprint density at radius 3 is 1.88 bits per heavy atom. The highest BCUT2D eigenvalue weighted by atomic mass is 32.1. The lowest BCUT2D eigenvalue weighted by Crippen LogP contribution is -2.31. The molecule has 0 rings (SSSR count). The van der Waals surface area contributed by atoms with Crippen LogP contribution in [0.5, 0.6) is 0 Å². The molecule has 0 aromatic heterocycles. The molecule has 186 valence electrons. The summed E-state index contributed by atoms with van der Waals surface area (Å²) in [6.07, 6.45) is 31.2. The highest BCUT2D eigenvalue weighted by molar-refractivity contribution is 7.80. The molecule has 0 radical (unpaired) electrons. The summed E-state index contributed by atoms with van der Waals surface area (Å²) in [7, 11) is 0. The minimum absolute atomic E-state index is 0.00393. The summed E-state index contributed by atoms with van der Waals surface area (Å²) in [4.78, 5) is 22.9. The fourth-order valence-electron chi connectivity index (χ4n) is 2.72. The first kappa shape index (κ1) is 30.8. The largest absolute Gasteiger partial charge is 0.448 e. The van der Waals surface area contributed by atoms with Crippen LogP contribution in [0.1, 0.15) is 71.1 Å². The van der Waals surface area contributed by atoms with Crippen LogP contribution in [-0.4, -0.2) is 37.4 Å². The van der Waals surface area contributed by atoms with Gasteiger partial charge in [-0.3, -0.25) is 4.79 Å². The number of allylic oxidation sites excluding steroid dienone is 10. The van der Waals surface area contributed by atoms with Crippen LogP contribution in [0.25, 0.3) is 0 Å². The predicted octanol–water partition coefficient (Wildman–Crippen LogP) is 6.46. The normalized spacial score (nSPS) is 12.1. The number of thiol groups is 1. The zero-order chi connectivity index (χ0) is 24.2. The Kier molecular flexibility index (Phi) is 24.3. The summed E-state index contributed by atoms with van der Waals surface area (Å²) in [5.41, 5.74) is 0. The van der Waals surface area contributed by atoms with Gasteiger partial charge >= 0.3 is 6.09 Å². The van der Waals surface area contributed by atoms with Crippen molar-refractivity contribution in [3.63, 3.8) is 0 Å². The minimum atomic E-state index is -0.478. The Bertz CT molecular complexity index is 625. The smallest absolute Gasteiger partial charge is 0.407 e. The second kappa shape index (κ2) is 26.0. The van der Waals surface area contributed by atoms with E-state index in [1.54, 1.807) is 0 Å². The fourth-order valence-corrected chi connectivity index (χ4v) is 2.84. The number of rotatable bonds is 20. The van der Waals surface area contributed by atoms with Crippen LogP contribution in [0.3, 0.4) is 0 Å². The van der Waals surface area contributed by atoms with Crippen molar-refractivity contribution in [2.75, 3.05) is 25.4 Å². The zero-order valence-corrected chi connectivity index (χ0v) is 21.2. The van der Waals surface area contributed by atoms with Gasteiger partial charge in [0.2, 0.25) is 5.91 Å². The predicted molar refractivity (Wildman–Crippen MR) is 144 cm³/mol. The molecule has 0 saturated carbocycles. The molecule has 0 aliphatic carbocycles. The van der Waals surface area contributed by atoms with Gasteiger partial charge < -0.3 is 15.4 Å². The number of hydrogen-bond acceptors (Lipinski definition) is 4. The summed E-state index contributed by atoms with van der Waals surface area (Å²) in [6.45, 7) is 3.13. The van der Waals surface area contributed by atoms with Gasteiger partial charge in [-0.15, -0.1) is 0 Å². The van der Waals surface area contributed by atoms with Gasteiger partial charge in [-0.1, -0.05) is 74.1 Å². The van der Waals surface area contributed by atoms with Crippen molar-refractivity contribution >= 4 is 24.6 Å². The maximum atomic E-state index is 11.7. The topological polar surface area (TPSA) is 67.4 Å². The Balaban J connectivity index is 3.48. The monoisotopic (exact) mass is 476 g/mol. The fraction of sp³-hybridized carbons (Fsp3) is 0.556. The van der Waals surface area contributed by atoms with E-state index >= 15 is 0 Å². The van der Waals surface area contributed by atoms with Crippen LogP contribution < -0.4 is 10.6 Å². The lowest BCUT2D eigenvalue weighted by atomic mass is 10.1. The number of carbonyl (C=O) groups excluding carboxylic acids is 2. The molecule has 0 atom stereocenters. The summed E-state index contributed by atoms with van der Waals surface area (Å²) in [5, 5.41) is 5.31. The molecule has 0 aliphatic heterocycles. The Morgan fingerprint density at radius 2 is 1.30 bits per heavy atom. The zero-order valence-electron chi connectivity index (χ0n) is 20.3. The number of alkyl carbamates (subject to hydrolysis) is 1. The minimum Gasteiger partial charge on any atom is -0.448 e. The molecule has 0 spiro atoms. The third-order valence-corrected chi connectivity index (χ3v) is 4.69. The lowest BCUT2D eigenvalue weighted by Gasteiger charge is -2.07. The van der Waals surface area contributed by atoms with Crippen molar-refractivity contribution < 1.29 is 14.3 Å². The van der Waals surface area contributed by atoms with Gasteiger partial charge in [-0.05, 0) is 51.4 Å². The molecule has 0 heterocycles. The molecule has 0 bridgehead atoms. The summed E-state index contributed by atoms with van der Waals surface area (Å²) < 4.78 is 4.92. The average molecular weight is 477 g/mol. The van der Waals surface area contributed by atoms with E-state index in [0.717, 1.165) is 57.8 Å². The van der Waals surface area contributed by atoms with E-state index in [2.05, 4.69) is 90.9 Å². The summed E-state index contributed by atoms with van der Waals surface area (Å²) >= 11 is 3.99. The Labute approximate surface area is 206 Å². The van der Waals surface area contributed by atoms with Crippen LogP contribution >= 0.6 is 12.6 Å². The van der Waals surface area contributed by atoms with Crippen molar-refractivity contribution in [3.8, 4) is 0 Å². The third kappa shape index (κ3) is 25.9. The maximum Gasteiger partial charge on any atom is 0.407 e. The molecule has 0 saturated heterocycles. The van der Waals surface area contributed by atoms with Gasteiger partial charge in [-0.2, -0.15) is 12.6 Å². The molecule has 0 unspecified atom stereocenters. The maximum absolute atomic E-state index is 11.7. The molecule has 6 heteroatoms. The molecule has 2 amide bonds. The highest BCUT2D eigenvalue weighted by Gasteiger charge is 2.02. The van der Waals surface area contributed by atoms with Crippen LogP contribution in [-0.2, 0) is 9.53 Å². The molecule has 33 heavy (non-hydrogen) atoms. The summed E-state index contributed by atoms with van der Waals surface area (Å²) in [6, 6.07) is 0. The van der Waals surface area contributed by atoms with E-state index in [4.69, 9.17) is 4.74 Å². The first-order chi connectivity index (χ1) is 16.2. The molecule has 0 aliphatic rings. The van der Waals surface area contributed by atoms with E-state index in [1.807, 2.05) is 0 Å². The van der Waals surface area contributed by atoms with Crippen LogP contribution in [0.2, 0.25) is 0 Å². The molecule has 0 fully saturated rings. The van der Waals surface area contributed by atoms with Gasteiger partial charge in [-0.25, -0.2) is 4.79 Å². The molecular formula is C27H44N2O3S. The van der Waals surface area contributed by atoms with Gasteiger partial charge in [0.15, 0.2) is 0 Å². The second-order valence-electron chi connectivity index (χ2n) is 7.44. The first-order valence-corrected chi connectivity index (χ1v) is 12.9. The first-order valence-electron chi connectivity index (χ1n) is 12.2. The lowest BCUT2D eigenvalue weighted by molar-refractivity contribution is -0.121. The molecular weight excluding hydrogens is 432 g/mol. The number of amides is 2. The molecule has 5 nitrogen and oxygen atoms in total. The van der Waals surface area contributed by atoms with Gasteiger partial charge in [0.25, 0.3) is 0 Å². The Hall–Kier alpha value is -2.21. The molecule has 2 N–H and O–H groups in total. The van der Waals surface area contributed by atoms with Crippen molar-refractivity contribution in [2.45, 2.75) is 71.1 Å². The van der Waals surface area contributed by atoms with Crippen molar-refractivity contribution in [3.05, 3.63) is 60.8 Å². The van der Waals surface area contributed by atoms with E-state index in [0.29, 0.717) is 25.3 Å². The van der Waals surface area contributed by atoms with E-state index in [9.17, 15) is 9.59 Å². The number of hydrogen-bond donors (Lipinski definition) is 3.